The molecule has 2 fully saturated rings. The Morgan fingerprint density at radius 2 is 1.80 bits per heavy atom. The number of anilines is 1. The molecule has 0 saturated carbocycles. The van der Waals surface area contributed by atoms with Crippen LogP contribution in [-0.2, 0) is 11.3 Å². The predicted octanol–water partition coefficient (Wildman–Crippen LogP) is 3.55. The fourth-order valence-corrected chi connectivity index (χ4v) is 5.90. The van der Waals surface area contributed by atoms with Crippen LogP contribution >= 0.6 is 24.0 Å². The third-order valence-corrected chi connectivity index (χ3v) is 7.83. The van der Waals surface area contributed by atoms with E-state index in [0.717, 1.165) is 38.3 Å². The lowest BCUT2D eigenvalue weighted by molar-refractivity contribution is -0.121. The van der Waals surface area contributed by atoms with Crippen molar-refractivity contribution in [1.82, 2.24) is 19.2 Å². The van der Waals surface area contributed by atoms with E-state index < -0.39 is 0 Å². The molecule has 2 aliphatic rings. The highest BCUT2D eigenvalue weighted by molar-refractivity contribution is 8.26. The molecule has 4 heterocycles. The van der Waals surface area contributed by atoms with E-state index in [9.17, 15) is 9.59 Å². The molecule has 9 heteroatoms. The van der Waals surface area contributed by atoms with Crippen LogP contribution in [-0.4, -0.2) is 62.1 Å². The van der Waals surface area contributed by atoms with Crippen molar-refractivity contribution >= 4 is 51.7 Å². The third-order valence-electron chi connectivity index (χ3n) is 6.45. The third kappa shape index (κ3) is 4.63. The van der Waals surface area contributed by atoms with Crippen LogP contribution in [0.5, 0.6) is 0 Å². The molecule has 2 saturated heterocycles. The van der Waals surface area contributed by atoms with E-state index in [0.29, 0.717) is 32.8 Å². The molecule has 0 aliphatic carbocycles. The summed E-state index contributed by atoms with van der Waals surface area (Å²) in [5.41, 5.74) is 3.11. The Balaban J connectivity index is 1.51. The maximum Gasteiger partial charge on any atom is 0.267 e. The van der Waals surface area contributed by atoms with Crippen molar-refractivity contribution in [2.24, 2.45) is 0 Å². The average molecular weight is 506 g/mol. The van der Waals surface area contributed by atoms with E-state index in [-0.39, 0.29) is 11.5 Å². The number of piperazine rings is 1. The van der Waals surface area contributed by atoms with E-state index in [1.54, 1.807) is 21.6 Å². The molecule has 7 nitrogen and oxygen atoms in total. The van der Waals surface area contributed by atoms with E-state index in [1.807, 2.05) is 32.0 Å². The second kappa shape index (κ2) is 9.93. The number of hydrogen-bond acceptors (Lipinski definition) is 7. The average Bonchev–Trinajstić information content (AvgIpc) is 3.14. The number of thiocarbonyl (C=S) groups is 1. The van der Waals surface area contributed by atoms with Gasteiger partial charge >= 0.3 is 0 Å². The van der Waals surface area contributed by atoms with E-state index >= 15 is 0 Å². The number of likely N-dealkylation sites (N-methyl/N-ethyl adjacent to an activating group) is 1. The first-order valence-corrected chi connectivity index (χ1v) is 13.0. The molecular weight excluding hydrogens is 478 g/mol. The van der Waals surface area contributed by atoms with Gasteiger partial charge in [0, 0.05) is 45.5 Å². The summed E-state index contributed by atoms with van der Waals surface area (Å²) in [4.78, 5) is 38.1. The number of aryl methyl sites for hydroxylation is 1. The fraction of sp³-hybridized carbons (Fsp3) is 0.308. The number of fused-ring (bicyclic) bond motifs is 1. The second-order valence-corrected chi connectivity index (χ2v) is 10.4. The number of rotatable bonds is 5. The zero-order valence-electron chi connectivity index (χ0n) is 19.8. The van der Waals surface area contributed by atoms with Gasteiger partial charge in [-0.3, -0.25) is 23.8 Å². The molecule has 1 aromatic carbocycles. The van der Waals surface area contributed by atoms with Crippen LogP contribution in [0.25, 0.3) is 11.7 Å². The van der Waals surface area contributed by atoms with Gasteiger partial charge in [0.15, 0.2) is 0 Å². The molecule has 0 N–H and O–H groups in total. The molecule has 0 spiro atoms. The fourth-order valence-electron chi connectivity index (χ4n) is 4.53. The molecule has 5 rings (SSSR count). The first-order chi connectivity index (χ1) is 17.0. The van der Waals surface area contributed by atoms with Gasteiger partial charge in [0.25, 0.3) is 11.5 Å². The number of benzene rings is 1. The van der Waals surface area contributed by atoms with Gasteiger partial charge in [-0.2, -0.15) is 0 Å². The van der Waals surface area contributed by atoms with Crippen molar-refractivity contribution in [2.75, 3.05) is 37.6 Å². The standard InChI is InChI=1S/C26H27N5O2S2/c1-3-30-25(33)21(35-26(30)34)16-20-23(27-22-18(2)8-7-11-31(22)24(20)32)29-14-12-28(13-15-29)17-19-9-5-4-6-10-19/h4-11,16H,3,12-15,17H2,1-2H3. The Hall–Kier alpha value is -3.01. The Bertz CT molecular complexity index is 1380. The summed E-state index contributed by atoms with van der Waals surface area (Å²) < 4.78 is 2.08. The monoisotopic (exact) mass is 505 g/mol. The van der Waals surface area contributed by atoms with Crippen LogP contribution in [0.3, 0.4) is 0 Å². The number of amides is 1. The molecule has 1 amide bonds. The summed E-state index contributed by atoms with van der Waals surface area (Å²) in [6.07, 6.45) is 3.42. The lowest BCUT2D eigenvalue weighted by Gasteiger charge is -2.36. The second-order valence-electron chi connectivity index (χ2n) is 8.71. The van der Waals surface area contributed by atoms with Crippen molar-refractivity contribution < 1.29 is 4.79 Å². The van der Waals surface area contributed by atoms with Crippen LogP contribution < -0.4 is 10.5 Å². The minimum Gasteiger partial charge on any atom is -0.353 e. The van der Waals surface area contributed by atoms with Gasteiger partial charge < -0.3 is 4.90 Å². The number of aromatic nitrogens is 2. The number of nitrogens with zero attached hydrogens (tertiary/aromatic N) is 5. The summed E-state index contributed by atoms with van der Waals surface area (Å²) in [5.74, 6) is 0.472. The first kappa shape index (κ1) is 23.7. The molecule has 2 aromatic heterocycles. The highest BCUT2D eigenvalue weighted by Gasteiger charge is 2.32. The van der Waals surface area contributed by atoms with E-state index in [4.69, 9.17) is 17.2 Å². The van der Waals surface area contributed by atoms with Gasteiger partial charge in [0.05, 0.1) is 10.5 Å². The molecule has 3 aromatic rings. The molecule has 0 unspecified atom stereocenters. The van der Waals surface area contributed by atoms with Crippen molar-refractivity contribution in [2.45, 2.75) is 20.4 Å². The Morgan fingerprint density at radius 1 is 1.06 bits per heavy atom. The van der Waals surface area contributed by atoms with Gasteiger partial charge in [-0.15, -0.1) is 0 Å². The summed E-state index contributed by atoms with van der Waals surface area (Å²) in [6.45, 7) is 8.47. The van der Waals surface area contributed by atoms with Crippen molar-refractivity contribution in [3.63, 3.8) is 0 Å². The Labute approximate surface area is 214 Å². The molecule has 0 radical (unpaired) electrons. The van der Waals surface area contributed by atoms with Crippen LogP contribution in [0.1, 0.15) is 23.6 Å². The summed E-state index contributed by atoms with van der Waals surface area (Å²) in [5, 5.41) is 0. The first-order valence-electron chi connectivity index (χ1n) is 11.7. The minimum atomic E-state index is -0.179. The van der Waals surface area contributed by atoms with Crippen LogP contribution in [0, 0.1) is 6.92 Å². The van der Waals surface area contributed by atoms with E-state index in [1.165, 1.54) is 17.3 Å². The zero-order chi connectivity index (χ0) is 24.5. The van der Waals surface area contributed by atoms with Crippen LogP contribution in [0.4, 0.5) is 5.82 Å². The lowest BCUT2D eigenvalue weighted by Crippen LogP contribution is -2.47. The molecule has 180 valence electrons. The number of thioether (sulfide) groups is 1. The van der Waals surface area contributed by atoms with Gasteiger partial charge in [-0.1, -0.05) is 60.4 Å². The van der Waals surface area contributed by atoms with Crippen molar-refractivity contribution in [3.05, 3.63) is 80.6 Å². The lowest BCUT2D eigenvalue weighted by atomic mass is 10.1. The SMILES string of the molecule is CCN1C(=O)C(=Cc2c(N3CCN(Cc4ccccc4)CC3)nc3c(C)cccn3c2=O)SC1=S. The molecular formula is C26H27N5O2S2. The van der Waals surface area contributed by atoms with E-state index in [2.05, 4.69) is 34.1 Å². The largest absolute Gasteiger partial charge is 0.353 e. The highest BCUT2D eigenvalue weighted by Crippen LogP contribution is 2.33. The summed E-state index contributed by atoms with van der Waals surface area (Å²) in [7, 11) is 0. The van der Waals surface area contributed by atoms with Gasteiger partial charge in [-0.05, 0) is 37.1 Å². The minimum absolute atomic E-state index is 0.158. The number of carbonyl (C=O) groups is 1. The van der Waals surface area contributed by atoms with Crippen LogP contribution in [0.15, 0.2) is 58.4 Å². The Morgan fingerprint density at radius 3 is 2.49 bits per heavy atom. The Kier molecular flexibility index (Phi) is 6.73. The summed E-state index contributed by atoms with van der Waals surface area (Å²) in [6, 6.07) is 14.2. The topological polar surface area (TPSA) is 61.2 Å². The van der Waals surface area contributed by atoms with Crippen LogP contribution in [0.2, 0.25) is 0 Å². The smallest absolute Gasteiger partial charge is 0.267 e. The van der Waals surface area contributed by atoms with Crippen molar-refractivity contribution in [3.8, 4) is 0 Å². The van der Waals surface area contributed by atoms with Crippen molar-refractivity contribution in [1.29, 1.82) is 0 Å². The highest BCUT2D eigenvalue weighted by atomic mass is 32.2. The predicted molar refractivity (Wildman–Crippen MR) is 146 cm³/mol. The van der Waals surface area contributed by atoms with Gasteiger partial charge in [0.2, 0.25) is 0 Å². The molecule has 2 aliphatic heterocycles. The zero-order valence-corrected chi connectivity index (χ0v) is 21.4. The number of carbonyl (C=O) groups excluding carboxylic acids is 1. The van der Waals surface area contributed by atoms with Gasteiger partial charge in [-0.25, -0.2) is 4.98 Å². The maximum atomic E-state index is 13.7. The summed E-state index contributed by atoms with van der Waals surface area (Å²) >= 11 is 6.62. The number of pyridine rings is 1. The molecule has 0 atom stereocenters. The molecule has 35 heavy (non-hydrogen) atoms. The normalized spacial score (nSPS) is 18.3. The maximum absolute atomic E-state index is 13.7. The molecule has 0 bridgehead atoms. The quantitative estimate of drug-likeness (QED) is 0.388. The van der Waals surface area contributed by atoms with Gasteiger partial charge in [0.1, 0.15) is 15.8 Å². The number of hydrogen-bond donors (Lipinski definition) is 0.